The lowest BCUT2D eigenvalue weighted by atomic mass is 9.85. The number of alkyl carbamates (subject to hydrolysis) is 2. The summed E-state index contributed by atoms with van der Waals surface area (Å²) >= 11 is 0. The fourth-order valence-corrected chi connectivity index (χ4v) is 11.9. The molecule has 15 heteroatoms. The second-order valence-corrected chi connectivity index (χ2v) is 21.7. The third-order valence-corrected chi connectivity index (χ3v) is 15.8. The van der Waals surface area contributed by atoms with Crippen molar-refractivity contribution in [3.05, 3.63) is 108 Å². The molecule has 7 atom stereocenters. The lowest BCUT2D eigenvalue weighted by Crippen LogP contribution is -2.55. The van der Waals surface area contributed by atoms with Gasteiger partial charge < -0.3 is 44.6 Å². The van der Waals surface area contributed by atoms with Gasteiger partial charge in [0.2, 0.25) is 5.91 Å². The Morgan fingerprint density at radius 1 is 0.681 bits per heavy atom. The summed E-state index contributed by atoms with van der Waals surface area (Å²) < 4.78 is 16.3. The Hall–Kier alpha value is -7.00. The number of amides is 4. The molecule has 2 aliphatic carbocycles. The summed E-state index contributed by atoms with van der Waals surface area (Å²) in [4.78, 5) is 75.4. The molecule has 4 amide bonds. The summed E-state index contributed by atoms with van der Waals surface area (Å²) in [5.74, 6) is 2.20. The molecule has 2 saturated heterocycles. The Bertz CT molecular complexity index is 3190. The molecule has 2 aliphatic heterocycles. The van der Waals surface area contributed by atoms with E-state index in [1.54, 1.807) is 0 Å². The topological polar surface area (TPSA) is 184 Å². The van der Waals surface area contributed by atoms with E-state index in [0.717, 1.165) is 80.0 Å². The molecule has 4 heterocycles. The van der Waals surface area contributed by atoms with E-state index >= 15 is 0 Å². The molecule has 0 bridgehead atoms. The Morgan fingerprint density at radius 2 is 1.28 bits per heavy atom. The van der Waals surface area contributed by atoms with E-state index < -0.39 is 29.7 Å². The Balaban J connectivity index is 0.860. The molecule has 4 aliphatic rings. The van der Waals surface area contributed by atoms with Crippen molar-refractivity contribution in [1.29, 1.82) is 0 Å². The standard InChI is InChI=1S/C57H64N8O7/c1-57(2,3)50(63-56(69)71-5)54(67)65-44-27-39(44)28-46(65)52-59-43-23-19-38-26-36(17-21-41(38)49(43)61-52)35-16-20-40-37(25-35)18-22-42-48(40)60-51(58-42)45-24-33(31-72-30-32-12-8-6-9-13-32)29-64(45)53(66)47(62-55(68)70-4)34-14-10-7-11-15-34/h7,10-11,14-23,25-26,32-33,39,44-47,50H,6,8-9,12-13,24,27-31H2,1-5H3,(H,58,60)(H,59,61)(H,62,68)(H,63,69)/t33-,39+,44+,45-,46-,47+,50+/m0/s1. The highest BCUT2D eigenvalue weighted by Crippen LogP contribution is 2.54. The first-order valence-electron chi connectivity index (χ1n) is 25.6. The predicted molar refractivity (Wildman–Crippen MR) is 276 cm³/mol. The van der Waals surface area contributed by atoms with E-state index in [2.05, 4.69) is 81.3 Å². The molecule has 4 N–H and O–H groups in total. The zero-order valence-corrected chi connectivity index (χ0v) is 41.7. The highest BCUT2D eigenvalue weighted by atomic mass is 16.5. The summed E-state index contributed by atoms with van der Waals surface area (Å²) in [5.41, 5.74) is 5.73. The third-order valence-electron chi connectivity index (χ3n) is 15.8. The molecule has 7 aromatic rings. The number of hydrogen-bond acceptors (Lipinski definition) is 9. The second-order valence-electron chi connectivity index (χ2n) is 21.7. The average molecular weight is 973 g/mol. The van der Waals surface area contributed by atoms with Crippen LogP contribution in [0.1, 0.15) is 107 Å². The maximum absolute atomic E-state index is 14.7. The zero-order chi connectivity index (χ0) is 49.8. The van der Waals surface area contributed by atoms with Crippen molar-refractivity contribution in [3.63, 3.8) is 0 Å². The highest BCUT2D eigenvalue weighted by Gasteiger charge is 2.57. The number of hydrogen-bond donors (Lipinski definition) is 4. The number of nitrogens with one attached hydrogen (secondary N) is 4. The normalized spacial score (nSPS) is 22.0. The minimum atomic E-state index is -0.944. The maximum Gasteiger partial charge on any atom is 0.407 e. The Labute approximate surface area is 418 Å². The number of nitrogens with zero attached hydrogens (tertiary/aromatic N) is 4. The van der Waals surface area contributed by atoms with Crippen molar-refractivity contribution in [3.8, 4) is 11.1 Å². The minimum Gasteiger partial charge on any atom is -0.453 e. The SMILES string of the molecule is COC(=O)N[C@H](C(=O)N1[C@@H]2C[C@@H]2C[C@H]1c1nc2c(ccc3cc(-c4ccc5c(ccc6[nH]c([C@@H]7C[C@H](COCC8CCCCC8)CN7C(=O)[C@H](NC(=O)OC)c7ccccc7)nc65)c4)ccc32)[nH]1)C(C)(C)C. The molecular formula is C57H64N8O7. The van der Waals surface area contributed by atoms with Gasteiger partial charge in [-0.2, -0.15) is 0 Å². The van der Waals surface area contributed by atoms with Crippen molar-refractivity contribution in [2.24, 2.45) is 23.2 Å². The van der Waals surface area contributed by atoms with Crippen LogP contribution in [0.15, 0.2) is 91.0 Å². The summed E-state index contributed by atoms with van der Waals surface area (Å²) in [6.45, 7) is 7.60. The summed E-state index contributed by atoms with van der Waals surface area (Å²) in [7, 11) is 2.61. The van der Waals surface area contributed by atoms with E-state index in [1.165, 1.54) is 46.3 Å². The largest absolute Gasteiger partial charge is 0.453 e. The summed E-state index contributed by atoms with van der Waals surface area (Å²) in [6, 6.07) is 28.4. The van der Waals surface area contributed by atoms with Crippen molar-refractivity contribution in [2.75, 3.05) is 34.0 Å². The van der Waals surface area contributed by atoms with Crippen LogP contribution in [0.2, 0.25) is 0 Å². The van der Waals surface area contributed by atoms with Gasteiger partial charge in [-0.15, -0.1) is 0 Å². The first kappa shape index (κ1) is 47.3. The molecule has 0 spiro atoms. The molecule has 374 valence electrons. The summed E-state index contributed by atoms with van der Waals surface area (Å²) in [6.07, 6.45) is 7.36. The number of ether oxygens (including phenoxy) is 3. The van der Waals surface area contributed by atoms with Crippen LogP contribution < -0.4 is 10.6 Å². The lowest BCUT2D eigenvalue weighted by molar-refractivity contribution is -0.138. The molecule has 2 saturated carbocycles. The number of carbonyl (C=O) groups excluding carboxylic acids is 4. The number of imidazole rings is 2. The van der Waals surface area contributed by atoms with Gasteiger partial charge in [0.05, 0.1) is 55.0 Å². The van der Waals surface area contributed by atoms with Gasteiger partial charge in [0.15, 0.2) is 0 Å². The van der Waals surface area contributed by atoms with Crippen LogP contribution in [0.5, 0.6) is 0 Å². The van der Waals surface area contributed by atoms with E-state index in [4.69, 9.17) is 24.2 Å². The molecular weight excluding hydrogens is 909 g/mol. The van der Waals surface area contributed by atoms with E-state index in [1.807, 2.05) is 60.9 Å². The number of piperidine rings is 1. The van der Waals surface area contributed by atoms with Gasteiger partial charge in [-0.1, -0.05) is 107 Å². The molecule has 4 fully saturated rings. The van der Waals surface area contributed by atoms with Crippen molar-refractivity contribution in [2.45, 2.75) is 102 Å². The second kappa shape index (κ2) is 19.2. The number of benzene rings is 5. The number of carbonyl (C=O) groups is 4. The van der Waals surface area contributed by atoms with Crippen LogP contribution in [-0.4, -0.2) is 99.8 Å². The highest BCUT2D eigenvalue weighted by molar-refractivity contribution is 6.07. The molecule has 0 unspecified atom stereocenters. The predicted octanol–water partition coefficient (Wildman–Crippen LogP) is 10.4. The fourth-order valence-electron chi connectivity index (χ4n) is 11.9. The van der Waals surface area contributed by atoms with Gasteiger partial charge in [0.1, 0.15) is 23.7 Å². The monoisotopic (exact) mass is 972 g/mol. The average Bonchev–Trinajstić information content (AvgIpc) is 3.82. The first-order chi connectivity index (χ1) is 34.8. The number of likely N-dealkylation sites (tertiary alicyclic amines) is 2. The molecule has 0 radical (unpaired) electrons. The molecule has 5 aromatic carbocycles. The molecule has 2 aromatic heterocycles. The van der Waals surface area contributed by atoms with Gasteiger partial charge in [-0.05, 0) is 101 Å². The minimum absolute atomic E-state index is 0.0845. The number of H-pyrrole nitrogens is 2. The first-order valence-corrected chi connectivity index (χ1v) is 25.6. The number of methoxy groups -OCH3 is 2. The van der Waals surface area contributed by atoms with E-state index in [9.17, 15) is 19.2 Å². The van der Waals surface area contributed by atoms with Crippen LogP contribution in [-0.2, 0) is 23.8 Å². The van der Waals surface area contributed by atoms with Crippen LogP contribution >= 0.6 is 0 Å². The van der Waals surface area contributed by atoms with Crippen molar-refractivity contribution >= 4 is 67.6 Å². The van der Waals surface area contributed by atoms with Crippen LogP contribution in [0.3, 0.4) is 0 Å². The van der Waals surface area contributed by atoms with Gasteiger partial charge >= 0.3 is 12.2 Å². The molecule has 15 nitrogen and oxygen atoms in total. The Kier molecular flexibility index (Phi) is 12.6. The number of aromatic nitrogens is 4. The van der Waals surface area contributed by atoms with Gasteiger partial charge in [0.25, 0.3) is 5.91 Å². The van der Waals surface area contributed by atoms with Crippen molar-refractivity contribution < 1.29 is 33.4 Å². The van der Waals surface area contributed by atoms with E-state index in [0.29, 0.717) is 42.8 Å². The van der Waals surface area contributed by atoms with E-state index in [-0.39, 0.29) is 35.9 Å². The lowest BCUT2D eigenvalue weighted by Gasteiger charge is -2.36. The van der Waals surface area contributed by atoms with Crippen LogP contribution in [0.4, 0.5) is 9.59 Å². The quantitative estimate of drug-likeness (QED) is 0.0925. The van der Waals surface area contributed by atoms with Gasteiger partial charge in [0, 0.05) is 35.9 Å². The van der Waals surface area contributed by atoms with Crippen LogP contribution in [0, 0.1) is 23.2 Å². The third kappa shape index (κ3) is 9.11. The number of rotatable bonds is 12. The molecule has 11 rings (SSSR count). The smallest absolute Gasteiger partial charge is 0.407 e. The summed E-state index contributed by atoms with van der Waals surface area (Å²) in [5, 5.41) is 9.71. The van der Waals surface area contributed by atoms with Gasteiger partial charge in [-0.3, -0.25) is 9.59 Å². The van der Waals surface area contributed by atoms with Crippen LogP contribution in [0.25, 0.3) is 54.7 Å². The zero-order valence-electron chi connectivity index (χ0n) is 41.7. The number of fused-ring (bicyclic) bond motifs is 7. The fraction of sp³-hybridized carbons (Fsp3) is 0.439. The molecule has 72 heavy (non-hydrogen) atoms. The maximum atomic E-state index is 14.7. The number of aromatic amines is 2. The Morgan fingerprint density at radius 3 is 1.89 bits per heavy atom. The van der Waals surface area contributed by atoms with Crippen molar-refractivity contribution in [1.82, 2.24) is 40.4 Å². The van der Waals surface area contributed by atoms with Gasteiger partial charge in [-0.25, -0.2) is 19.6 Å².